The first-order valence-electron chi connectivity index (χ1n) is 5.73. The maximum atomic E-state index is 11.1. The number of methoxy groups -OCH3 is 1. The number of anilines is 1. The van der Waals surface area contributed by atoms with Gasteiger partial charge < -0.3 is 14.7 Å². The zero-order valence-corrected chi connectivity index (χ0v) is 11.0. The molecule has 8 nitrogen and oxygen atoms in total. The number of carboxylic acid groups (broad SMARTS) is 1. The highest BCUT2D eigenvalue weighted by atomic mass is 16.6. The molecule has 1 rings (SSSR count). The largest absolute Gasteiger partial charge is 0.478 e. The summed E-state index contributed by atoms with van der Waals surface area (Å²) < 4.78 is 4.93. The summed E-state index contributed by atoms with van der Waals surface area (Å²) >= 11 is 0. The van der Waals surface area contributed by atoms with Crippen molar-refractivity contribution in [2.45, 2.75) is 0 Å². The molecule has 0 radical (unpaired) electrons. The molecular formula is C12H15N3O5. The number of hydrogen-bond donors (Lipinski definition) is 1. The molecule has 0 saturated carbocycles. The number of ether oxygens (including phenoxy) is 1. The van der Waals surface area contributed by atoms with E-state index in [1.165, 1.54) is 7.11 Å². The van der Waals surface area contributed by atoms with E-state index < -0.39 is 10.9 Å². The number of aromatic carboxylic acids is 1. The Morgan fingerprint density at radius 1 is 1.70 bits per heavy atom. The van der Waals surface area contributed by atoms with Gasteiger partial charge in [-0.25, -0.2) is 9.78 Å². The van der Waals surface area contributed by atoms with Gasteiger partial charge in [-0.1, -0.05) is 6.08 Å². The lowest BCUT2D eigenvalue weighted by Gasteiger charge is -2.21. The van der Waals surface area contributed by atoms with Crippen LogP contribution in [0.3, 0.4) is 0 Å². The lowest BCUT2D eigenvalue weighted by molar-refractivity contribution is -0.384. The molecule has 0 aliphatic carbocycles. The Morgan fingerprint density at radius 2 is 2.40 bits per heavy atom. The second-order valence-electron chi connectivity index (χ2n) is 3.86. The number of pyridine rings is 1. The monoisotopic (exact) mass is 281 g/mol. The minimum Gasteiger partial charge on any atom is -0.478 e. The van der Waals surface area contributed by atoms with Gasteiger partial charge in [-0.3, -0.25) is 10.1 Å². The molecule has 0 spiro atoms. The Kier molecular flexibility index (Phi) is 5.60. The third-order valence-corrected chi connectivity index (χ3v) is 2.51. The molecule has 8 heteroatoms. The van der Waals surface area contributed by atoms with Crippen molar-refractivity contribution in [1.82, 2.24) is 4.98 Å². The summed E-state index contributed by atoms with van der Waals surface area (Å²) in [6, 6.07) is 0.994. The molecule has 0 fully saturated rings. The van der Waals surface area contributed by atoms with Crippen LogP contribution in [0.5, 0.6) is 0 Å². The smallest absolute Gasteiger partial charge is 0.337 e. The van der Waals surface area contributed by atoms with Crippen LogP contribution in [-0.2, 0) is 4.74 Å². The van der Waals surface area contributed by atoms with Gasteiger partial charge in [-0.2, -0.15) is 0 Å². The van der Waals surface area contributed by atoms with Gasteiger partial charge in [0.25, 0.3) is 0 Å². The first-order valence-corrected chi connectivity index (χ1v) is 5.73. The van der Waals surface area contributed by atoms with E-state index >= 15 is 0 Å². The standard InChI is InChI=1S/C12H15N3O5/c1-3-4-14(5-6-20-2)11-10(15(18)19)7-9(8-13-11)12(16)17/h3,7-8H,1,4-6H2,2H3,(H,16,17). The van der Waals surface area contributed by atoms with Crippen molar-refractivity contribution >= 4 is 17.5 Å². The fraction of sp³-hybridized carbons (Fsp3) is 0.333. The summed E-state index contributed by atoms with van der Waals surface area (Å²) in [5.41, 5.74) is -0.589. The Hall–Kier alpha value is -2.48. The Labute approximate surface area is 115 Å². The molecule has 0 bridgehead atoms. The number of carboxylic acids is 1. The van der Waals surface area contributed by atoms with Crippen molar-refractivity contribution < 1.29 is 19.6 Å². The van der Waals surface area contributed by atoms with Crippen LogP contribution in [0.25, 0.3) is 0 Å². The number of carbonyl (C=O) groups is 1. The quantitative estimate of drug-likeness (QED) is 0.435. The number of rotatable bonds is 8. The Balaban J connectivity index is 3.21. The molecule has 1 aromatic heterocycles. The van der Waals surface area contributed by atoms with E-state index in [-0.39, 0.29) is 17.1 Å². The van der Waals surface area contributed by atoms with Crippen molar-refractivity contribution in [2.24, 2.45) is 0 Å². The number of nitro groups is 1. The van der Waals surface area contributed by atoms with Gasteiger partial charge in [0, 0.05) is 32.5 Å². The van der Waals surface area contributed by atoms with Crippen molar-refractivity contribution in [3.63, 3.8) is 0 Å². The zero-order valence-electron chi connectivity index (χ0n) is 11.0. The van der Waals surface area contributed by atoms with Gasteiger partial charge in [0.2, 0.25) is 5.82 Å². The topological polar surface area (TPSA) is 106 Å². The summed E-state index contributed by atoms with van der Waals surface area (Å²) in [5.74, 6) is -1.17. The van der Waals surface area contributed by atoms with Gasteiger partial charge in [0.1, 0.15) is 0 Å². The molecule has 0 aromatic carbocycles. The molecular weight excluding hydrogens is 266 g/mol. The number of hydrogen-bond acceptors (Lipinski definition) is 6. The third-order valence-electron chi connectivity index (χ3n) is 2.51. The third kappa shape index (κ3) is 3.75. The van der Waals surface area contributed by atoms with Crippen molar-refractivity contribution in [1.29, 1.82) is 0 Å². The molecule has 0 saturated heterocycles. The Bertz CT molecular complexity index is 518. The van der Waals surface area contributed by atoms with E-state index in [0.29, 0.717) is 19.7 Å². The van der Waals surface area contributed by atoms with Crippen LogP contribution >= 0.6 is 0 Å². The predicted molar refractivity (Wildman–Crippen MR) is 72.1 cm³/mol. The molecule has 0 aliphatic rings. The van der Waals surface area contributed by atoms with E-state index in [0.717, 1.165) is 12.3 Å². The van der Waals surface area contributed by atoms with Crippen LogP contribution in [-0.4, -0.2) is 47.8 Å². The Morgan fingerprint density at radius 3 is 2.90 bits per heavy atom. The predicted octanol–water partition coefficient (Wildman–Crippen LogP) is 1.33. The molecule has 0 unspecified atom stereocenters. The van der Waals surface area contributed by atoms with Gasteiger partial charge in [0.15, 0.2) is 0 Å². The van der Waals surface area contributed by atoms with E-state index in [1.54, 1.807) is 11.0 Å². The maximum Gasteiger partial charge on any atom is 0.337 e. The highest BCUT2D eigenvalue weighted by Crippen LogP contribution is 2.26. The highest BCUT2D eigenvalue weighted by Gasteiger charge is 2.22. The van der Waals surface area contributed by atoms with Gasteiger partial charge >= 0.3 is 11.7 Å². The van der Waals surface area contributed by atoms with Gasteiger partial charge in [0.05, 0.1) is 17.1 Å². The lowest BCUT2D eigenvalue weighted by Crippen LogP contribution is -2.29. The van der Waals surface area contributed by atoms with Crippen LogP contribution in [0.4, 0.5) is 11.5 Å². The molecule has 1 aromatic rings. The number of nitrogens with zero attached hydrogens (tertiary/aromatic N) is 3. The van der Waals surface area contributed by atoms with Crippen molar-refractivity contribution in [3.8, 4) is 0 Å². The molecule has 1 heterocycles. The summed E-state index contributed by atoms with van der Waals surface area (Å²) in [6.45, 7) is 4.65. The summed E-state index contributed by atoms with van der Waals surface area (Å²) in [4.78, 5) is 26.7. The van der Waals surface area contributed by atoms with E-state index in [1.807, 2.05) is 0 Å². The summed E-state index contributed by atoms with van der Waals surface area (Å²) in [6.07, 6.45) is 2.67. The van der Waals surface area contributed by atoms with Crippen LogP contribution < -0.4 is 4.90 Å². The minimum atomic E-state index is -1.26. The molecule has 20 heavy (non-hydrogen) atoms. The first kappa shape index (κ1) is 15.6. The molecule has 108 valence electrons. The molecule has 0 aliphatic heterocycles. The van der Waals surface area contributed by atoms with Crippen molar-refractivity contribution in [3.05, 3.63) is 40.6 Å². The average molecular weight is 281 g/mol. The number of aromatic nitrogens is 1. The fourth-order valence-electron chi connectivity index (χ4n) is 1.58. The zero-order chi connectivity index (χ0) is 15.1. The van der Waals surface area contributed by atoms with Crippen LogP contribution in [0.15, 0.2) is 24.9 Å². The molecule has 0 amide bonds. The first-order chi connectivity index (χ1) is 9.51. The van der Waals surface area contributed by atoms with Crippen molar-refractivity contribution in [2.75, 3.05) is 31.7 Å². The van der Waals surface area contributed by atoms with Gasteiger partial charge in [-0.05, 0) is 0 Å². The SMILES string of the molecule is C=CCN(CCOC)c1ncc(C(=O)O)cc1[N+](=O)[O-]. The van der Waals surface area contributed by atoms with Gasteiger partial charge in [-0.15, -0.1) is 6.58 Å². The van der Waals surface area contributed by atoms with Crippen LogP contribution in [0, 0.1) is 10.1 Å². The second kappa shape index (κ2) is 7.19. The molecule has 1 N–H and O–H groups in total. The lowest BCUT2D eigenvalue weighted by atomic mass is 10.2. The summed E-state index contributed by atoms with van der Waals surface area (Å²) in [7, 11) is 1.52. The van der Waals surface area contributed by atoms with E-state index in [9.17, 15) is 14.9 Å². The minimum absolute atomic E-state index is 0.0944. The normalized spacial score (nSPS) is 10.1. The molecule has 0 atom stereocenters. The van der Waals surface area contributed by atoms with Crippen LogP contribution in [0.1, 0.15) is 10.4 Å². The van der Waals surface area contributed by atoms with E-state index in [2.05, 4.69) is 11.6 Å². The maximum absolute atomic E-state index is 11.1. The fourth-order valence-corrected chi connectivity index (χ4v) is 1.58. The van der Waals surface area contributed by atoms with E-state index in [4.69, 9.17) is 9.84 Å². The highest BCUT2D eigenvalue weighted by molar-refractivity contribution is 5.88. The van der Waals surface area contributed by atoms with Crippen LogP contribution in [0.2, 0.25) is 0 Å². The average Bonchev–Trinajstić information content (AvgIpc) is 2.42. The second-order valence-corrected chi connectivity index (χ2v) is 3.86. The summed E-state index contributed by atoms with van der Waals surface area (Å²) in [5, 5.41) is 19.9.